The molecule has 0 bridgehead atoms. The molecule has 2 heteroatoms. The van der Waals surface area contributed by atoms with E-state index in [1.54, 1.807) is 14.2 Å². The first-order valence-electron chi connectivity index (χ1n) is 4.32. The molecular weight excluding hydrogens is 164 g/mol. The Morgan fingerprint density at radius 2 is 1.46 bits per heavy atom. The Balaban J connectivity index is 0.000000252. The predicted octanol–water partition coefficient (Wildman–Crippen LogP) is 2.74. The van der Waals surface area contributed by atoms with Crippen LogP contribution in [0.25, 0.3) is 0 Å². The van der Waals surface area contributed by atoms with Crippen LogP contribution in [0.1, 0.15) is 13.8 Å². The molecule has 0 amide bonds. The molecule has 0 fully saturated rings. The SMILES string of the molecule is COC(C)C.COc1ccccc1. The van der Waals surface area contributed by atoms with Crippen molar-refractivity contribution in [2.45, 2.75) is 20.0 Å². The summed E-state index contributed by atoms with van der Waals surface area (Å²) in [5, 5.41) is 0. The lowest BCUT2D eigenvalue weighted by molar-refractivity contribution is 0.134. The van der Waals surface area contributed by atoms with Gasteiger partial charge in [-0.3, -0.25) is 0 Å². The maximum Gasteiger partial charge on any atom is 0.118 e. The maximum atomic E-state index is 4.91. The lowest BCUT2D eigenvalue weighted by atomic mass is 10.3. The standard InChI is InChI=1S/C7H8O.C4H10O/c1-8-7-5-3-2-4-6-7;1-4(2)5-3/h2-6H,1H3;4H,1-3H3. The second kappa shape index (κ2) is 7.62. The van der Waals surface area contributed by atoms with Crippen molar-refractivity contribution in [1.29, 1.82) is 0 Å². The smallest absolute Gasteiger partial charge is 0.118 e. The van der Waals surface area contributed by atoms with Crippen LogP contribution in [-0.2, 0) is 4.74 Å². The van der Waals surface area contributed by atoms with E-state index in [-0.39, 0.29) is 0 Å². The molecule has 0 heterocycles. The molecule has 0 saturated carbocycles. The van der Waals surface area contributed by atoms with Gasteiger partial charge in [-0.15, -0.1) is 0 Å². The fraction of sp³-hybridized carbons (Fsp3) is 0.455. The Hall–Kier alpha value is -1.02. The molecule has 1 rings (SSSR count). The summed E-state index contributed by atoms with van der Waals surface area (Å²) in [6.45, 7) is 4.00. The molecule has 13 heavy (non-hydrogen) atoms. The average Bonchev–Trinajstić information content (AvgIpc) is 2.20. The van der Waals surface area contributed by atoms with Crippen molar-refractivity contribution in [3.63, 3.8) is 0 Å². The van der Waals surface area contributed by atoms with E-state index in [2.05, 4.69) is 0 Å². The van der Waals surface area contributed by atoms with Gasteiger partial charge in [0.05, 0.1) is 13.2 Å². The van der Waals surface area contributed by atoms with Crippen molar-refractivity contribution in [2.24, 2.45) is 0 Å². The molecule has 0 saturated heterocycles. The number of hydrogen-bond donors (Lipinski definition) is 0. The molecular formula is C11H18O2. The van der Waals surface area contributed by atoms with Crippen LogP contribution >= 0.6 is 0 Å². The van der Waals surface area contributed by atoms with E-state index >= 15 is 0 Å². The highest BCUT2D eigenvalue weighted by molar-refractivity contribution is 5.20. The molecule has 74 valence electrons. The van der Waals surface area contributed by atoms with Gasteiger partial charge < -0.3 is 9.47 Å². The number of para-hydroxylation sites is 1. The summed E-state index contributed by atoms with van der Waals surface area (Å²) in [6, 6.07) is 9.68. The molecule has 0 unspecified atom stereocenters. The van der Waals surface area contributed by atoms with Crippen molar-refractivity contribution in [3.05, 3.63) is 30.3 Å². The predicted molar refractivity (Wildman–Crippen MR) is 55.1 cm³/mol. The van der Waals surface area contributed by atoms with Crippen molar-refractivity contribution in [2.75, 3.05) is 14.2 Å². The van der Waals surface area contributed by atoms with E-state index < -0.39 is 0 Å². The molecule has 0 aliphatic carbocycles. The highest BCUT2D eigenvalue weighted by atomic mass is 16.5. The summed E-state index contributed by atoms with van der Waals surface area (Å²) in [6.07, 6.45) is 0.384. The fourth-order valence-corrected chi connectivity index (χ4v) is 0.557. The second-order valence-electron chi connectivity index (χ2n) is 2.80. The summed E-state index contributed by atoms with van der Waals surface area (Å²) in [5.41, 5.74) is 0. The van der Waals surface area contributed by atoms with Gasteiger partial charge in [-0.25, -0.2) is 0 Å². The van der Waals surface area contributed by atoms with Crippen molar-refractivity contribution in [3.8, 4) is 5.75 Å². The second-order valence-corrected chi connectivity index (χ2v) is 2.80. The zero-order chi connectivity index (χ0) is 10.1. The van der Waals surface area contributed by atoms with Crippen LogP contribution in [0.2, 0.25) is 0 Å². The molecule has 0 N–H and O–H groups in total. The third-order valence-corrected chi connectivity index (χ3v) is 1.45. The van der Waals surface area contributed by atoms with Gasteiger partial charge in [0.2, 0.25) is 0 Å². The van der Waals surface area contributed by atoms with E-state index in [1.807, 2.05) is 44.2 Å². The summed E-state index contributed by atoms with van der Waals surface area (Å²) in [7, 11) is 3.36. The molecule has 0 radical (unpaired) electrons. The summed E-state index contributed by atoms with van der Waals surface area (Å²) >= 11 is 0. The fourth-order valence-electron chi connectivity index (χ4n) is 0.557. The molecule has 2 nitrogen and oxygen atoms in total. The molecule has 0 aliphatic rings. The third-order valence-electron chi connectivity index (χ3n) is 1.45. The normalized spacial score (nSPS) is 9.00. The Morgan fingerprint density at radius 1 is 1.00 bits per heavy atom. The third kappa shape index (κ3) is 7.34. The monoisotopic (exact) mass is 182 g/mol. The van der Waals surface area contributed by atoms with Crippen molar-refractivity contribution >= 4 is 0 Å². The van der Waals surface area contributed by atoms with Gasteiger partial charge in [0, 0.05) is 7.11 Å². The molecule has 0 aromatic heterocycles. The van der Waals surface area contributed by atoms with E-state index in [0.717, 1.165) is 5.75 Å². The van der Waals surface area contributed by atoms with Crippen LogP contribution in [0.5, 0.6) is 5.75 Å². The Labute approximate surface area is 80.5 Å². The van der Waals surface area contributed by atoms with Crippen LogP contribution in [0, 0.1) is 0 Å². The van der Waals surface area contributed by atoms with Crippen LogP contribution in [0.15, 0.2) is 30.3 Å². The van der Waals surface area contributed by atoms with E-state index in [4.69, 9.17) is 9.47 Å². The molecule has 0 atom stereocenters. The van der Waals surface area contributed by atoms with Gasteiger partial charge in [0.1, 0.15) is 5.75 Å². The van der Waals surface area contributed by atoms with Gasteiger partial charge in [0.15, 0.2) is 0 Å². The highest BCUT2D eigenvalue weighted by Crippen LogP contribution is 2.05. The Bertz CT molecular complexity index is 195. The minimum Gasteiger partial charge on any atom is -0.497 e. The first-order valence-corrected chi connectivity index (χ1v) is 4.32. The minimum absolute atomic E-state index is 0.384. The minimum atomic E-state index is 0.384. The average molecular weight is 182 g/mol. The van der Waals surface area contributed by atoms with Crippen molar-refractivity contribution < 1.29 is 9.47 Å². The van der Waals surface area contributed by atoms with E-state index in [1.165, 1.54) is 0 Å². The quantitative estimate of drug-likeness (QED) is 0.700. The Kier molecular flexibility index (Phi) is 7.02. The molecule has 0 aliphatic heterocycles. The van der Waals surface area contributed by atoms with E-state index in [0.29, 0.717) is 6.10 Å². The lowest BCUT2D eigenvalue weighted by Gasteiger charge is -1.94. The number of methoxy groups -OCH3 is 2. The summed E-state index contributed by atoms with van der Waals surface area (Å²) in [4.78, 5) is 0. The van der Waals surface area contributed by atoms with Crippen LogP contribution in [0.3, 0.4) is 0 Å². The van der Waals surface area contributed by atoms with Gasteiger partial charge in [-0.2, -0.15) is 0 Å². The summed E-state index contributed by atoms with van der Waals surface area (Å²) in [5.74, 6) is 0.910. The topological polar surface area (TPSA) is 18.5 Å². The van der Waals surface area contributed by atoms with Crippen LogP contribution < -0.4 is 4.74 Å². The lowest BCUT2D eigenvalue weighted by Crippen LogP contribution is -1.94. The first kappa shape index (κ1) is 12.0. The molecule has 1 aromatic carbocycles. The number of rotatable bonds is 2. The Morgan fingerprint density at radius 3 is 1.69 bits per heavy atom. The summed E-state index contributed by atoms with van der Waals surface area (Å²) < 4.78 is 9.66. The number of hydrogen-bond acceptors (Lipinski definition) is 2. The van der Waals surface area contributed by atoms with Crippen LogP contribution in [0.4, 0.5) is 0 Å². The first-order chi connectivity index (χ1) is 6.20. The molecule has 1 aromatic rings. The van der Waals surface area contributed by atoms with Gasteiger partial charge >= 0.3 is 0 Å². The van der Waals surface area contributed by atoms with Crippen LogP contribution in [-0.4, -0.2) is 20.3 Å². The number of ether oxygens (including phenoxy) is 2. The maximum absolute atomic E-state index is 4.91. The zero-order valence-corrected chi connectivity index (χ0v) is 8.78. The largest absolute Gasteiger partial charge is 0.497 e. The number of benzene rings is 1. The van der Waals surface area contributed by atoms with Gasteiger partial charge in [0.25, 0.3) is 0 Å². The van der Waals surface area contributed by atoms with Gasteiger partial charge in [-0.1, -0.05) is 18.2 Å². The van der Waals surface area contributed by atoms with Crippen molar-refractivity contribution in [1.82, 2.24) is 0 Å². The highest BCUT2D eigenvalue weighted by Gasteiger charge is 1.80. The van der Waals surface area contributed by atoms with Gasteiger partial charge in [-0.05, 0) is 26.0 Å². The van der Waals surface area contributed by atoms with E-state index in [9.17, 15) is 0 Å². The zero-order valence-electron chi connectivity index (χ0n) is 8.78. The molecule has 0 spiro atoms.